The molecule has 1 aromatic carbocycles. The van der Waals surface area contributed by atoms with E-state index in [9.17, 15) is 0 Å². The van der Waals surface area contributed by atoms with Crippen LogP contribution in [-0.2, 0) is 0 Å². The monoisotopic (exact) mass is 306 g/mol. The van der Waals surface area contributed by atoms with Crippen LogP contribution in [0.25, 0.3) is 10.9 Å². The van der Waals surface area contributed by atoms with E-state index in [1.807, 2.05) is 19.2 Å². The zero-order valence-corrected chi connectivity index (χ0v) is 12.7. The number of rotatable bonds is 4. The number of fused-ring (bicyclic) bond motifs is 1. The van der Waals surface area contributed by atoms with Crippen molar-refractivity contribution >= 4 is 26.8 Å². The van der Waals surface area contributed by atoms with E-state index in [0.717, 1.165) is 22.1 Å². The van der Waals surface area contributed by atoms with E-state index in [1.54, 1.807) is 0 Å². The van der Waals surface area contributed by atoms with Crippen LogP contribution in [0.5, 0.6) is 0 Å². The topological polar surface area (TPSA) is 24.9 Å². The predicted molar refractivity (Wildman–Crippen MR) is 80.7 cm³/mol. The Morgan fingerprint density at radius 1 is 1.28 bits per heavy atom. The summed E-state index contributed by atoms with van der Waals surface area (Å²) in [6.45, 7) is 4.47. The largest absolute Gasteiger partial charge is 0.312 e. The van der Waals surface area contributed by atoms with Crippen LogP contribution < -0.4 is 5.32 Å². The molecule has 0 bridgehead atoms. The summed E-state index contributed by atoms with van der Waals surface area (Å²) in [5.41, 5.74) is 2.16. The average Bonchev–Trinajstić information content (AvgIpc) is 2.35. The molecule has 1 atom stereocenters. The van der Waals surface area contributed by atoms with Crippen LogP contribution in [0.4, 0.5) is 0 Å². The Bertz CT molecular complexity index is 537. The molecule has 0 aliphatic carbocycles. The molecule has 2 aromatic rings. The second-order valence-electron chi connectivity index (χ2n) is 5.02. The molecule has 2 nitrogen and oxygen atoms in total. The molecular formula is C15H19BrN2. The number of hydrogen-bond donors (Lipinski definition) is 1. The normalized spacial score (nSPS) is 13.2. The molecule has 0 fully saturated rings. The minimum Gasteiger partial charge on any atom is -0.312 e. The number of nitrogens with zero attached hydrogens (tertiary/aromatic N) is 1. The maximum absolute atomic E-state index is 4.79. The molecule has 0 radical (unpaired) electrons. The number of para-hydroxylation sites is 1. The van der Waals surface area contributed by atoms with Crippen molar-refractivity contribution in [3.8, 4) is 0 Å². The summed E-state index contributed by atoms with van der Waals surface area (Å²) in [7, 11) is 2.00. The zero-order valence-electron chi connectivity index (χ0n) is 11.1. The van der Waals surface area contributed by atoms with Gasteiger partial charge in [-0.3, -0.25) is 0 Å². The second-order valence-corrected chi connectivity index (χ2v) is 5.87. The SMILES string of the molecule is CNC(CC(C)C)c1nc2ccccc2cc1Br. The number of pyridine rings is 1. The summed E-state index contributed by atoms with van der Waals surface area (Å²) < 4.78 is 1.08. The van der Waals surface area contributed by atoms with Gasteiger partial charge in [0.1, 0.15) is 0 Å². The van der Waals surface area contributed by atoms with Crippen molar-refractivity contribution in [3.05, 3.63) is 40.5 Å². The van der Waals surface area contributed by atoms with Crippen LogP contribution in [-0.4, -0.2) is 12.0 Å². The first-order chi connectivity index (χ1) is 8.61. The van der Waals surface area contributed by atoms with E-state index < -0.39 is 0 Å². The molecule has 0 aliphatic heterocycles. The van der Waals surface area contributed by atoms with Crippen molar-refractivity contribution < 1.29 is 0 Å². The van der Waals surface area contributed by atoms with Crippen molar-refractivity contribution in [1.82, 2.24) is 10.3 Å². The molecule has 1 N–H and O–H groups in total. The Labute approximate surface area is 117 Å². The lowest BCUT2D eigenvalue weighted by Crippen LogP contribution is -2.20. The lowest BCUT2D eigenvalue weighted by Gasteiger charge is -2.19. The first kappa shape index (κ1) is 13.5. The Morgan fingerprint density at radius 2 is 2.00 bits per heavy atom. The second kappa shape index (κ2) is 5.81. The van der Waals surface area contributed by atoms with E-state index >= 15 is 0 Å². The molecule has 0 spiro atoms. The first-order valence-electron chi connectivity index (χ1n) is 6.34. The van der Waals surface area contributed by atoms with Gasteiger partial charge in [0.05, 0.1) is 17.3 Å². The fourth-order valence-electron chi connectivity index (χ4n) is 2.19. The molecule has 1 unspecified atom stereocenters. The third kappa shape index (κ3) is 2.90. The smallest absolute Gasteiger partial charge is 0.0722 e. The Kier molecular flexibility index (Phi) is 4.36. The Balaban J connectivity index is 2.45. The molecule has 0 amide bonds. The van der Waals surface area contributed by atoms with Gasteiger partial charge in [-0.25, -0.2) is 4.98 Å². The van der Waals surface area contributed by atoms with Gasteiger partial charge in [-0.2, -0.15) is 0 Å². The summed E-state index contributed by atoms with van der Waals surface area (Å²) in [6, 6.07) is 10.7. The van der Waals surface area contributed by atoms with Crippen LogP contribution in [0.3, 0.4) is 0 Å². The average molecular weight is 307 g/mol. The molecule has 96 valence electrons. The molecule has 3 heteroatoms. The maximum atomic E-state index is 4.79. The Hall–Kier alpha value is -0.930. The number of halogens is 1. The number of hydrogen-bond acceptors (Lipinski definition) is 2. The highest BCUT2D eigenvalue weighted by atomic mass is 79.9. The first-order valence-corrected chi connectivity index (χ1v) is 7.13. The number of benzene rings is 1. The van der Waals surface area contributed by atoms with E-state index in [4.69, 9.17) is 4.98 Å². The van der Waals surface area contributed by atoms with Crippen molar-refractivity contribution in [2.75, 3.05) is 7.05 Å². The zero-order chi connectivity index (χ0) is 13.1. The van der Waals surface area contributed by atoms with Crippen molar-refractivity contribution in [2.24, 2.45) is 5.92 Å². The van der Waals surface area contributed by atoms with Gasteiger partial charge in [0.15, 0.2) is 0 Å². The van der Waals surface area contributed by atoms with Gasteiger partial charge in [-0.1, -0.05) is 32.0 Å². The predicted octanol–water partition coefficient (Wildman–Crippen LogP) is 4.30. The van der Waals surface area contributed by atoms with Crippen molar-refractivity contribution in [3.63, 3.8) is 0 Å². The molecule has 1 heterocycles. The van der Waals surface area contributed by atoms with E-state index in [0.29, 0.717) is 12.0 Å². The molecule has 0 saturated carbocycles. The molecular weight excluding hydrogens is 288 g/mol. The summed E-state index contributed by atoms with van der Waals surface area (Å²) in [5.74, 6) is 0.641. The fourth-order valence-corrected chi connectivity index (χ4v) is 2.80. The number of nitrogens with one attached hydrogen (secondary N) is 1. The van der Waals surface area contributed by atoms with E-state index in [1.165, 1.54) is 5.39 Å². The summed E-state index contributed by atoms with van der Waals surface area (Å²) in [4.78, 5) is 4.79. The van der Waals surface area contributed by atoms with Gasteiger partial charge < -0.3 is 5.32 Å². The molecule has 0 aliphatic rings. The fraction of sp³-hybridized carbons (Fsp3) is 0.400. The summed E-state index contributed by atoms with van der Waals surface area (Å²) in [5, 5.41) is 4.54. The minimum atomic E-state index is 0.295. The lowest BCUT2D eigenvalue weighted by atomic mass is 10.0. The quantitative estimate of drug-likeness (QED) is 0.910. The third-order valence-corrected chi connectivity index (χ3v) is 3.73. The van der Waals surface area contributed by atoms with Gasteiger partial charge in [0, 0.05) is 9.86 Å². The van der Waals surface area contributed by atoms with Gasteiger partial charge >= 0.3 is 0 Å². The molecule has 1 aromatic heterocycles. The molecule has 0 saturated heterocycles. The summed E-state index contributed by atoms with van der Waals surface area (Å²) >= 11 is 3.65. The maximum Gasteiger partial charge on any atom is 0.0722 e. The Morgan fingerprint density at radius 3 is 2.67 bits per heavy atom. The van der Waals surface area contributed by atoms with Crippen LogP contribution in [0.1, 0.15) is 32.0 Å². The lowest BCUT2D eigenvalue weighted by molar-refractivity contribution is 0.448. The molecule has 2 rings (SSSR count). The highest BCUT2D eigenvalue weighted by Crippen LogP contribution is 2.29. The van der Waals surface area contributed by atoms with Gasteiger partial charge in [-0.15, -0.1) is 0 Å². The van der Waals surface area contributed by atoms with Gasteiger partial charge in [0.2, 0.25) is 0 Å². The van der Waals surface area contributed by atoms with Crippen molar-refractivity contribution in [2.45, 2.75) is 26.3 Å². The summed E-state index contributed by atoms with van der Waals surface area (Å²) in [6.07, 6.45) is 1.08. The van der Waals surface area contributed by atoms with Crippen molar-refractivity contribution in [1.29, 1.82) is 0 Å². The van der Waals surface area contributed by atoms with Crippen LogP contribution >= 0.6 is 15.9 Å². The highest BCUT2D eigenvalue weighted by molar-refractivity contribution is 9.10. The van der Waals surface area contributed by atoms with Crippen LogP contribution in [0.15, 0.2) is 34.8 Å². The van der Waals surface area contributed by atoms with Gasteiger partial charge in [0.25, 0.3) is 0 Å². The minimum absolute atomic E-state index is 0.295. The van der Waals surface area contributed by atoms with E-state index in [2.05, 4.69) is 53.3 Å². The van der Waals surface area contributed by atoms with Crippen LogP contribution in [0, 0.1) is 5.92 Å². The number of aromatic nitrogens is 1. The van der Waals surface area contributed by atoms with E-state index in [-0.39, 0.29) is 0 Å². The third-order valence-electron chi connectivity index (χ3n) is 3.09. The molecule has 18 heavy (non-hydrogen) atoms. The van der Waals surface area contributed by atoms with Gasteiger partial charge in [-0.05, 0) is 47.4 Å². The van der Waals surface area contributed by atoms with Crippen LogP contribution in [0.2, 0.25) is 0 Å². The standard InChI is InChI=1S/C15H19BrN2/c1-10(2)8-14(17-3)15-12(16)9-11-6-4-5-7-13(11)18-15/h4-7,9-10,14,17H,8H2,1-3H3. The highest BCUT2D eigenvalue weighted by Gasteiger charge is 2.16.